The summed E-state index contributed by atoms with van der Waals surface area (Å²) in [5, 5.41) is 8.02. The number of aryl methyl sites for hydroxylation is 3. The molecule has 1 aromatic carbocycles. The lowest BCUT2D eigenvalue weighted by molar-refractivity contribution is 0.623. The van der Waals surface area contributed by atoms with E-state index in [0.717, 1.165) is 25.2 Å². The van der Waals surface area contributed by atoms with Crippen molar-refractivity contribution in [2.75, 3.05) is 5.32 Å². The average Bonchev–Trinajstić information content (AvgIpc) is 2.78. The molecule has 102 valence electrons. The third-order valence-corrected chi connectivity index (χ3v) is 3.28. The van der Waals surface area contributed by atoms with Gasteiger partial charge in [0.2, 0.25) is 0 Å². The van der Waals surface area contributed by atoms with E-state index in [1.807, 2.05) is 6.92 Å². The van der Waals surface area contributed by atoms with Gasteiger partial charge in [0.1, 0.15) is 0 Å². The Labute approximate surface area is 115 Å². The van der Waals surface area contributed by atoms with Crippen LogP contribution in [0.4, 0.5) is 5.69 Å². The molecule has 0 saturated carbocycles. The van der Waals surface area contributed by atoms with Crippen LogP contribution in [0.25, 0.3) is 0 Å². The van der Waals surface area contributed by atoms with Crippen molar-refractivity contribution in [3.8, 4) is 0 Å². The van der Waals surface area contributed by atoms with E-state index >= 15 is 0 Å². The second-order valence-corrected chi connectivity index (χ2v) is 4.85. The fraction of sp³-hybridized carbons (Fsp3) is 0.438. The number of rotatable bonds is 6. The minimum atomic E-state index is 0.829. The van der Waals surface area contributed by atoms with Crippen LogP contribution in [-0.2, 0) is 19.5 Å². The first-order valence-corrected chi connectivity index (χ1v) is 7.09. The first-order valence-electron chi connectivity index (χ1n) is 7.09. The summed E-state index contributed by atoms with van der Waals surface area (Å²) in [7, 11) is 0. The smallest absolute Gasteiger partial charge is 0.0597 e. The van der Waals surface area contributed by atoms with E-state index in [1.165, 1.54) is 23.4 Å². The average molecular weight is 257 g/mol. The van der Waals surface area contributed by atoms with Crippen LogP contribution in [0.1, 0.15) is 37.2 Å². The van der Waals surface area contributed by atoms with Gasteiger partial charge >= 0.3 is 0 Å². The van der Waals surface area contributed by atoms with Gasteiger partial charge in [-0.2, -0.15) is 5.10 Å². The topological polar surface area (TPSA) is 29.9 Å². The molecule has 0 atom stereocenters. The van der Waals surface area contributed by atoms with Gasteiger partial charge in [0, 0.05) is 12.2 Å². The number of nitrogens with zero attached hydrogens (tertiary/aromatic N) is 2. The summed E-state index contributed by atoms with van der Waals surface area (Å²) in [6.07, 6.45) is 2.29. The molecule has 1 N–H and O–H groups in total. The maximum absolute atomic E-state index is 4.48. The molecule has 0 aliphatic rings. The summed E-state index contributed by atoms with van der Waals surface area (Å²) in [6, 6.07) is 10.7. The highest BCUT2D eigenvalue weighted by atomic mass is 15.3. The standard InChI is InChI=1S/C16H23N3/c1-4-8-14-9-6-7-10-16(14)17-12-15-11-13(3)18-19(15)5-2/h6-7,9-11,17H,4-5,8,12H2,1-3H3. The lowest BCUT2D eigenvalue weighted by Gasteiger charge is -2.12. The molecule has 0 spiro atoms. The molecular weight excluding hydrogens is 234 g/mol. The van der Waals surface area contributed by atoms with Crippen molar-refractivity contribution < 1.29 is 0 Å². The zero-order valence-corrected chi connectivity index (χ0v) is 12.1. The number of hydrogen-bond acceptors (Lipinski definition) is 2. The number of hydrogen-bond donors (Lipinski definition) is 1. The third kappa shape index (κ3) is 3.37. The monoisotopic (exact) mass is 257 g/mol. The van der Waals surface area contributed by atoms with Gasteiger partial charge < -0.3 is 5.32 Å². The Kier molecular flexibility index (Phi) is 4.61. The molecule has 0 aliphatic heterocycles. The SMILES string of the molecule is CCCc1ccccc1NCc1cc(C)nn1CC. The fourth-order valence-corrected chi connectivity index (χ4v) is 2.38. The summed E-state index contributed by atoms with van der Waals surface area (Å²) in [4.78, 5) is 0. The second-order valence-electron chi connectivity index (χ2n) is 4.85. The fourth-order valence-electron chi connectivity index (χ4n) is 2.38. The Hall–Kier alpha value is -1.77. The van der Waals surface area contributed by atoms with E-state index in [0.29, 0.717) is 0 Å². The third-order valence-electron chi connectivity index (χ3n) is 3.28. The second kappa shape index (κ2) is 6.41. The van der Waals surface area contributed by atoms with E-state index < -0.39 is 0 Å². The Bertz CT molecular complexity index is 529. The predicted molar refractivity (Wildman–Crippen MR) is 80.4 cm³/mol. The van der Waals surface area contributed by atoms with E-state index in [-0.39, 0.29) is 0 Å². The maximum Gasteiger partial charge on any atom is 0.0597 e. The Morgan fingerprint density at radius 3 is 2.74 bits per heavy atom. The van der Waals surface area contributed by atoms with Gasteiger partial charge in [-0.05, 0) is 38.0 Å². The minimum absolute atomic E-state index is 0.829. The van der Waals surface area contributed by atoms with Crippen LogP contribution in [-0.4, -0.2) is 9.78 Å². The van der Waals surface area contributed by atoms with E-state index in [1.54, 1.807) is 0 Å². The van der Waals surface area contributed by atoms with Crippen LogP contribution in [0, 0.1) is 6.92 Å². The van der Waals surface area contributed by atoms with Gasteiger partial charge in [-0.3, -0.25) is 4.68 Å². The zero-order valence-electron chi connectivity index (χ0n) is 12.1. The van der Waals surface area contributed by atoms with E-state index in [4.69, 9.17) is 0 Å². The van der Waals surface area contributed by atoms with Crippen molar-refractivity contribution in [2.24, 2.45) is 0 Å². The highest BCUT2D eigenvalue weighted by molar-refractivity contribution is 5.51. The minimum Gasteiger partial charge on any atom is -0.379 e. The largest absolute Gasteiger partial charge is 0.379 e. The van der Waals surface area contributed by atoms with Crippen LogP contribution >= 0.6 is 0 Å². The van der Waals surface area contributed by atoms with E-state index in [9.17, 15) is 0 Å². The maximum atomic E-state index is 4.48. The summed E-state index contributed by atoms with van der Waals surface area (Å²) in [5.41, 5.74) is 4.96. The van der Waals surface area contributed by atoms with Crippen molar-refractivity contribution in [1.82, 2.24) is 9.78 Å². The van der Waals surface area contributed by atoms with Crippen LogP contribution in [0.3, 0.4) is 0 Å². The molecule has 2 rings (SSSR count). The number of anilines is 1. The molecule has 0 radical (unpaired) electrons. The lowest BCUT2D eigenvalue weighted by Crippen LogP contribution is -2.08. The van der Waals surface area contributed by atoms with Crippen LogP contribution in [0.2, 0.25) is 0 Å². The van der Waals surface area contributed by atoms with Gasteiger partial charge in [-0.25, -0.2) is 0 Å². The molecule has 0 amide bonds. The summed E-state index contributed by atoms with van der Waals surface area (Å²) < 4.78 is 2.06. The highest BCUT2D eigenvalue weighted by Gasteiger charge is 2.05. The van der Waals surface area contributed by atoms with Crippen LogP contribution < -0.4 is 5.32 Å². The van der Waals surface area contributed by atoms with Gasteiger partial charge in [0.25, 0.3) is 0 Å². The van der Waals surface area contributed by atoms with Gasteiger partial charge in [0.05, 0.1) is 17.9 Å². The number of para-hydroxylation sites is 1. The molecule has 1 heterocycles. The molecule has 0 unspecified atom stereocenters. The Balaban J connectivity index is 2.09. The van der Waals surface area contributed by atoms with Crippen LogP contribution in [0.5, 0.6) is 0 Å². The number of nitrogens with one attached hydrogen (secondary N) is 1. The first kappa shape index (κ1) is 13.7. The van der Waals surface area contributed by atoms with Crippen molar-refractivity contribution in [3.63, 3.8) is 0 Å². The summed E-state index contributed by atoms with van der Waals surface area (Å²) >= 11 is 0. The summed E-state index contributed by atoms with van der Waals surface area (Å²) in [5.74, 6) is 0. The van der Waals surface area contributed by atoms with Gasteiger partial charge in [0.15, 0.2) is 0 Å². The predicted octanol–water partition coefficient (Wildman–Crippen LogP) is 3.78. The molecule has 0 fully saturated rings. The molecular formula is C16H23N3. The number of benzene rings is 1. The number of aromatic nitrogens is 2. The molecule has 0 saturated heterocycles. The normalized spacial score (nSPS) is 10.7. The Morgan fingerprint density at radius 2 is 2.00 bits per heavy atom. The van der Waals surface area contributed by atoms with Crippen molar-refractivity contribution >= 4 is 5.69 Å². The molecule has 0 aliphatic carbocycles. The van der Waals surface area contributed by atoms with Gasteiger partial charge in [-0.1, -0.05) is 31.5 Å². The molecule has 3 heteroatoms. The summed E-state index contributed by atoms with van der Waals surface area (Å²) in [6.45, 7) is 8.13. The van der Waals surface area contributed by atoms with E-state index in [2.05, 4.69) is 59.3 Å². The Morgan fingerprint density at radius 1 is 1.21 bits per heavy atom. The molecule has 3 nitrogen and oxygen atoms in total. The van der Waals surface area contributed by atoms with Crippen molar-refractivity contribution in [2.45, 2.75) is 46.7 Å². The zero-order chi connectivity index (χ0) is 13.7. The lowest BCUT2D eigenvalue weighted by atomic mass is 10.1. The van der Waals surface area contributed by atoms with Crippen molar-refractivity contribution in [3.05, 3.63) is 47.3 Å². The highest BCUT2D eigenvalue weighted by Crippen LogP contribution is 2.18. The van der Waals surface area contributed by atoms with Crippen molar-refractivity contribution in [1.29, 1.82) is 0 Å². The van der Waals surface area contributed by atoms with Gasteiger partial charge in [-0.15, -0.1) is 0 Å². The van der Waals surface area contributed by atoms with Crippen LogP contribution in [0.15, 0.2) is 30.3 Å². The molecule has 2 aromatic rings. The molecule has 1 aromatic heterocycles. The molecule has 19 heavy (non-hydrogen) atoms. The first-order chi connectivity index (χ1) is 9.24. The quantitative estimate of drug-likeness (QED) is 0.853. The molecule has 0 bridgehead atoms.